The largest absolute Gasteiger partial charge is 0.462 e. The summed E-state index contributed by atoms with van der Waals surface area (Å²) in [5.41, 5.74) is 0.781. The Morgan fingerprint density at radius 3 is 3.05 bits per heavy atom. The Balaban J connectivity index is 2.33. The van der Waals surface area contributed by atoms with Crippen LogP contribution >= 0.6 is 15.9 Å². The van der Waals surface area contributed by atoms with E-state index in [4.69, 9.17) is 10.00 Å². The summed E-state index contributed by atoms with van der Waals surface area (Å²) in [4.78, 5) is 15.6. The van der Waals surface area contributed by atoms with Gasteiger partial charge in [0.1, 0.15) is 6.07 Å². The summed E-state index contributed by atoms with van der Waals surface area (Å²) in [6.07, 6.45) is 4.42. The Hall–Kier alpha value is -2.20. The highest BCUT2D eigenvalue weighted by atomic mass is 79.9. The molecule has 0 saturated heterocycles. The first-order valence-electron chi connectivity index (χ1n) is 5.43. The van der Waals surface area contributed by atoms with Crippen LogP contribution in [0.25, 0.3) is 5.82 Å². The highest BCUT2D eigenvalue weighted by molar-refractivity contribution is 9.10. The minimum Gasteiger partial charge on any atom is -0.462 e. The summed E-state index contributed by atoms with van der Waals surface area (Å²) in [6.45, 7) is 2.04. The molecule has 0 spiro atoms. The van der Waals surface area contributed by atoms with Gasteiger partial charge in [-0.3, -0.25) is 0 Å². The number of esters is 1. The highest BCUT2D eigenvalue weighted by Gasteiger charge is 2.11. The standard InChI is InChI=1S/C12H9BrN4O2/c1-2-19-12(18)9-5-16-17(7-9)11-3-8(4-14)10(13)6-15-11/h3,5-7H,2H2,1H3. The fourth-order valence-corrected chi connectivity index (χ4v) is 1.71. The second-order valence-corrected chi connectivity index (χ2v) is 4.38. The van der Waals surface area contributed by atoms with Crippen molar-refractivity contribution in [3.63, 3.8) is 0 Å². The van der Waals surface area contributed by atoms with Gasteiger partial charge in [0.15, 0.2) is 5.82 Å². The molecule has 0 bridgehead atoms. The van der Waals surface area contributed by atoms with Crippen LogP contribution in [0, 0.1) is 11.3 Å². The van der Waals surface area contributed by atoms with Crippen molar-refractivity contribution in [2.75, 3.05) is 6.61 Å². The van der Waals surface area contributed by atoms with E-state index in [1.807, 2.05) is 6.07 Å². The molecule has 0 saturated carbocycles. The zero-order valence-electron chi connectivity index (χ0n) is 10.00. The van der Waals surface area contributed by atoms with Crippen molar-refractivity contribution < 1.29 is 9.53 Å². The number of nitrogens with zero attached hydrogens (tertiary/aromatic N) is 4. The SMILES string of the molecule is CCOC(=O)c1cnn(-c2cc(C#N)c(Br)cn2)c1. The smallest absolute Gasteiger partial charge is 0.341 e. The topological polar surface area (TPSA) is 80.8 Å². The fourth-order valence-electron chi connectivity index (χ4n) is 1.41. The monoisotopic (exact) mass is 320 g/mol. The maximum atomic E-state index is 11.5. The Labute approximate surface area is 117 Å². The summed E-state index contributed by atoms with van der Waals surface area (Å²) in [6, 6.07) is 3.61. The molecule has 19 heavy (non-hydrogen) atoms. The van der Waals surface area contributed by atoms with Crippen molar-refractivity contribution in [2.24, 2.45) is 0 Å². The van der Waals surface area contributed by atoms with E-state index in [9.17, 15) is 4.79 Å². The van der Waals surface area contributed by atoms with Gasteiger partial charge in [-0.2, -0.15) is 10.4 Å². The Morgan fingerprint density at radius 1 is 1.58 bits per heavy atom. The Bertz CT molecular complexity index is 660. The van der Waals surface area contributed by atoms with Crippen LogP contribution in [0.5, 0.6) is 0 Å². The second kappa shape index (κ2) is 5.63. The first kappa shape index (κ1) is 13.2. The average molecular weight is 321 g/mol. The lowest BCUT2D eigenvalue weighted by Gasteiger charge is -2.01. The Morgan fingerprint density at radius 2 is 2.37 bits per heavy atom. The molecule has 0 aromatic carbocycles. The molecule has 2 aromatic rings. The third-order valence-corrected chi connectivity index (χ3v) is 2.92. The number of nitriles is 1. The van der Waals surface area contributed by atoms with Crippen molar-refractivity contribution in [1.29, 1.82) is 5.26 Å². The van der Waals surface area contributed by atoms with Crippen molar-refractivity contribution in [1.82, 2.24) is 14.8 Å². The molecule has 7 heteroatoms. The van der Waals surface area contributed by atoms with Gasteiger partial charge in [-0.15, -0.1) is 0 Å². The molecule has 0 N–H and O–H groups in total. The van der Waals surface area contributed by atoms with Crippen LogP contribution in [0.3, 0.4) is 0 Å². The second-order valence-electron chi connectivity index (χ2n) is 3.53. The first-order chi connectivity index (χ1) is 9.15. The van der Waals surface area contributed by atoms with E-state index in [0.717, 1.165) is 0 Å². The zero-order chi connectivity index (χ0) is 13.8. The average Bonchev–Trinajstić information content (AvgIpc) is 2.89. The maximum absolute atomic E-state index is 11.5. The van der Waals surface area contributed by atoms with Gasteiger partial charge in [0, 0.05) is 18.5 Å². The van der Waals surface area contributed by atoms with Gasteiger partial charge in [0.25, 0.3) is 0 Å². The van der Waals surface area contributed by atoms with Crippen LogP contribution in [0.4, 0.5) is 0 Å². The predicted octanol–water partition coefficient (Wildman–Crippen LogP) is 2.08. The van der Waals surface area contributed by atoms with E-state index in [2.05, 4.69) is 26.0 Å². The van der Waals surface area contributed by atoms with E-state index in [1.165, 1.54) is 23.3 Å². The number of ether oxygens (including phenoxy) is 1. The molecule has 2 rings (SSSR count). The summed E-state index contributed by atoms with van der Waals surface area (Å²) < 4.78 is 6.89. The minimum absolute atomic E-state index is 0.305. The van der Waals surface area contributed by atoms with Crippen LogP contribution in [0.15, 0.2) is 29.1 Å². The summed E-state index contributed by atoms with van der Waals surface area (Å²) in [7, 11) is 0. The molecule has 0 fully saturated rings. The van der Waals surface area contributed by atoms with Crippen LogP contribution in [0.1, 0.15) is 22.8 Å². The highest BCUT2D eigenvalue weighted by Crippen LogP contribution is 2.17. The van der Waals surface area contributed by atoms with Crippen LogP contribution in [0.2, 0.25) is 0 Å². The number of carbonyl (C=O) groups is 1. The molecule has 0 atom stereocenters. The molecule has 0 unspecified atom stereocenters. The van der Waals surface area contributed by atoms with E-state index in [1.54, 1.807) is 13.0 Å². The van der Waals surface area contributed by atoms with Crippen molar-refractivity contribution in [3.8, 4) is 11.9 Å². The molecular formula is C12H9BrN4O2. The van der Waals surface area contributed by atoms with Crippen molar-refractivity contribution in [2.45, 2.75) is 6.92 Å². The number of pyridine rings is 1. The van der Waals surface area contributed by atoms with E-state index in [-0.39, 0.29) is 0 Å². The van der Waals surface area contributed by atoms with Gasteiger partial charge in [-0.05, 0) is 22.9 Å². The lowest BCUT2D eigenvalue weighted by atomic mass is 10.3. The third kappa shape index (κ3) is 2.80. The van der Waals surface area contributed by atoms with Crippen LogP contribution in [-0.4, -0.2) is 27.3 Å². The molecule has 0 aliphatic carbocycles. The van der Waals surface area contributed by atoms with Gasteiger partial charge in [-0.1, -0.05) is 0 Å². The summed E-state index contributed by atoms with van der Waals surface area (Å²) in [5.74, 6) is 0.0154. The molecule has 0 amide bonds. The molecule has 96 valence electrons. The molecule has 0 aliphatic heterocycles. The van der Waals surface area contributed by atoms with Gasteiger partial charge in [0.05, 0.1) is 28.4 Å². The lowest BCUT2D eigenvalue weighted by Crippen LogP contribution is -2.03. The molecule has 2 aromatic heterocycles. The molecule has 2 heterocycles. The molecule has 6 nitrogen and oxygen atoms in total. The maximum Gasteiger partial charge on any atom is 0.341 e. The molecule has 0 radical (unpaired) electrons. The number of hydrogen-bond acceptors (Lipinski definition) is 5. The van der Waals surface area contributed by atoms with Crippen LogP contribution < -0.4 is 0 Å². The van der Waals surface area contributed by atoms with Gasteiger partial charge >= 0.3 is 5.97 Å². The van der Waals surface area contributed by atoms with Gasteiger partial charge in [0.2, 0.25) is 0 Å². The number of aromatic nitrogens is 3. The number of carbonyl (C=O) groups excluding carboxylic acids is 1. The third-order valence-electron chi connectivity index (χ3n) is 2.29. The first-order valence-corrected chi connectivity index (χ1v) is 6.22. The normalized spacial score (nSPS) is 9.95. The summed E-state index contributed by atoms with van der Waals surface area (Å²) in [5, 5.41) is 13.0. The fraction of sp³-hybridized carbons (Fsp3) is 0.167. The predicted molar refractivity (Wildman–Crippen MR) is 69.7 cm³/mol. The number of halogens is 1. The Kier molecular flexibility index (Phi) is 3.92. The van der Waals surface area contributed by atoms with Gasteiger partial charge < -0.3 is 4.74 Å². The number of rotatable bonds is 3. The van der Waals surface area contributed by atoms with Crippen LogP contribution in [-0.2, 0) is 4.74 Å². The van der Waals surface area contributed by atoms with Gasteiger partial charge in [-0.25, -0.2) is 14.5 Å². The molecule has 0 aliphatic rings. The van der Waals surface area contributed by atoms with E-state index >= 15 is 0 Å². The van der Waals surface area contributed by atoms with Crippen molar-refractivity contribution >= 4 is 21.9 Å². The summed E-state index contributed by atoms with van der Waals surface area (Å²) >= 11 is 3.22. The number of hydrogen-bond donors (Lipinski definition) is 0. The molecular weight excluding hydrogens is 312 g/mol. The lowest BCUT2D eigenvalue weighted by molar-refractivity contribution is 0.0526. The minimum atomic E-state index is -0.439. The quantitative estimate of drug-likeness (QED) is 0.809. The zero-order valence-corrected chi connectivity index (χ0v) is 11.6. The van der Waals surface area contributed by atoms with E-state index < -0.39 is 5.97 Å². The van der Waals surface area contributed by atoms with E-state index in [0.29, 0.717) is 28.0 Å². The van der Waals surface area contributed by atoms with Crippen molar-refractivity contribution in [3.05, 3.63) is 40.3 Å².